The summed E-state index contributed by atoms with van der Waals surface area (Å²) < 4.78 is 0. The van der Waals surface area contributed by atoms with Crippen molar-refractivity contribution in [3.8, 4) is 0 Å². The molecule has 0 aliphatic carbocycles. The Kier molecular flexibility index (Phi) is 6.84. The third kappa shape index (κ3) is 6.05. The maximum absolute atomic E-state index is 12.0. The highest BCUT2D eigenvalue weighted by Crippen LogP contribution is 2.13. The topological polar surface area (TPSA) is 78.4 Å². The van der Waals surface area contributed by atoms with Crippen LogP contribution < -0.4 is 10.6 Å². The molecule has 0 aromatic carbocycles. The first-order valence-electron chi connectivity index (χ1n) is 7.24. The van der Waals surface area contributed by atoms with E-state index in [-0.39, 0.29) is 23.8 Å². The summed E-state index contributed by atoms with van der Waals surface area (Å²) in [5.41, 5.74) is 0. The van der Waals surface area contributed by atoms with Gasteiger partial charge in [-0.05, 0) is 45.7 Å². The van der Waals surface area contributed by atoms with E-state index in [9.17, 15) is 9.59 Å². The predicted octanol–water partition coefficient (Wildman–Crippen LogP) is 1.38. The van der Waals surface area contributed by atoms with Gasteiger partial charge in [0, 0.05) is 12.0 Å². The summed E-state index contributed by atoms with van der Waals surface area (Å²) in [4.78, 5) is 22.7. The molecule has 0 spiro atoms. The molecule has 1 fully saturated rings. The lowest BCUT2D eigenvalue weighted by molar-refractivity contribution is -0.141. The van der Waals surface area contributed by atoms with Gasteiger partial charge >= 0.3 is 5.97 Å². The van der Waals surface area contributed by atoms with E-state index in [4.69, 9.17) is 5.11 Å². The van der Waals surface area contributed by atoms with Crippen molar-refractivity contribution in [3.05, 3.63) is 0 Å². The first kappa shape index (κ1) is 16.0. The number of carbonyl (C=O) groups excluding carboxylic acids is 1. The molecule has 2 atom stereocenters. The summed E-state index contributed by atoms with van der Waals surface area (Å²) in [6, 6.07) is 0.128. The van der Waals surface area contributed by atoms with Gasteiger partial charge in [-0.3, -0.25) is 9.59 Å². The number of carbonyl (C=O) groups is 2. The number of rotatable bonds is 7. The molecule has 0 aromatic heterocycles. The van der Waals surface area contributed by atoms with E-state index in [0.29, 0.717) is 6.42 Å². The van der Waals surface area contributed by atoms with E-state index in [1.165, 1.54) is 0 Å². The van der Waals surface area contributed by atoms with E-state index < -0.39 is 5.97 Å². The zero-order chi connectivity index (χ0) is 14.3. The molecule has 3 N–H and O–H groups in total. The maximum atomic E-state index is 12.0. The molecule has 5 nitrogen and oxygen atoms in total. The van der Waals surface area contributed by atoms with Gasteiger partial charge < -0.3 is 15.7 Å². The molecule has 110 valence electrons. The predicted molar refractivity (Wildman–Crippen MR) is 73.8 cm³/mol. The SMILES string of the molecule is CC(CCCC(C)C(=O)O)NC(=O)C1CCNCC1. The molecular formula is C14H26N2O3. The Balaban J connectivity index is 2.17. The third-order valence-corrected chi connectivity index (χ3v) is 3.79. The second-order valence-electron chi connectivity index (χ2n) is 5.60. The molecule has 0 radical (unpaired) electrons. The fourth-order valence-corrected chi connectivity index (χ4v) is 2.37. The van der Waals surface area contributed by atoms with Gasteiger partial charge in [0.1, 0.15) is 0 Å². The second kappa shape index (κ2) is 8.15. The van der Waals surface area contributed by atoms with Crippen molar-refractivity contribution in [2.24, 2.45) is 11.8 Å². The van der Waals surface area contributed by atoms with Gasteiger partial charge in [0.25, 0.3) is 0 Å². The standard InChI is InChI=1S/C14H26N2O3/c1-10(14(18)19)4-3-5-11(2)16-13(17)12-6-8-15-9-7-12/h10-12,15H,3-9H2,1-2H3,(H,16,17)(H,18,19). The van der Waals surface area contributed by atoms with Gasteiger partial charge in [-0.2, -0.15) is 0 Å². The monoisotopic (exact) mass is 270 g/mol. The molecule has 19 heavy (non-hydrogen) atoms. The summed E-state index contributed by atoms with van der Waals surface area (Å²) in [7, 11) is 0. The number of carboxylic acids is 1. The van der Waals surface area contributed by atoms with Crippen LogP contribution in [0.1, 0.15) is 46.0 Å². The number of carboxylic acid groups (broad SMARTS) is 1. The highest BCUT2D eigenvalue weighted by atomic mass is 16.4. The van der Waals surface area contributed by atoms with Crippen LogP contribution in [-0.2, 0) is 9.59 Å². The normalized spacial score (nSPS) is 19.7. The van der Waals surface area contributed by atoms with Crippen molar-refractivity contribution >= 4 is 11.9 Å². The fraction of sp³-hybridized carbons (Fsp3) is 0.857. The molecule has 1 heterocycles. The van der Waals surface area contributed by atoms with Gasteiger partial charge in [0.15, 0.2) is 0 Å². The molecule has 1 rings (SSSR count). The first-order valence-corrected chi connectivity index (χ1v) is 7.24. The van der Waals surface area contributed by atoms with Crippen molar-refractivity contribution in [2.75, 3.05) is 13.1 Å². The summed E-state index contributed by atoms with van der Waals surface area (Å²) in [5, 5.41) is 15.1. The zero-order valence-corrected chi connectivity index (χ0v) is 11.9. The van der Waals surface area contributed by atoms with Crippen LogP contribution in [0.3, 0.4) is 0 Å². The van der Waals surface area contributed by atoms with E-state index >= 15 is 0 Å². The van der Waals surface area contributed by atoms with E-state index in [1.807, 2.05) is 6.92 Å². The van der Waals surface area contributed by atoms with Crippen LogP contribution in [0.15, 0.2) is 0 Å². The van der Waals surface area contributed by atoms with Crippen LogP contribution in [0.25, 0.3) is 0 Å². The number of aliphatic carboxylic acids is 1. The van der Waals surface area contributed by atoms with Crippen molar-refractivity contribution in [2.45, 2.75) is 52.0 Å². The largest absolute Gasteiger partial charge is 0.481 e. The number of hydrogen-bond acceptors (Lipinski definition) is 3. The minimum absolute atomic E-state index is 0.128. The van der Waals surface area contributed by atoms with Crippen molar-refractivity contribution in [1.82, 2.24) is 10.6 Å². The molecule has 5 heteroatoms. The van der Waals surface area contributed by atoms with Crippen LogP contribution in [-0.4, -0.2) is 36.1 Å². The summed E-state index contributed by atoms with van der Waals surface area (Å²) in [6.07, 6.45) is 4.17. The minimum atomic E-state index is -0.744. The van der Waals surface area contributed by atoms with Crippen LogP contribution in [0.2, 0.25) is 0 Å². The molecule has 1 aliphatic heterocycles. The Morgan fingerprint density at radius 2 is 1.89 bits per heavy atom. The summed E-state index contributed by atoms with van der Waals surface area (Å²) in [6.45, 7) is 5.55. The Morgan fingerprint density at radius 1 is 1.26 bits per heavy atom. The lowest BCUT2D eigenvalue weighted by Crippen LogP contribution is -2.41. The Bertz CT molecular complexity index is 301. The molecule has 0 aromatic rings. The van der Waals surface area contributed by atoms with Crippen LogP contribution in [0.5, 0.6) is 0 Å². The fourth-order valence-electron chi connectivity index (χ4n) is 2.37. The number of nitrogens with one attached hydrogen (secondary N) is 2. The van der Waals surface area contributed by atoms with Gasteiger partial charge in [-0.15, -0.1) is 0 Å². The van der Waals surface area contributed by atoms with Crippen molar-refractivity contribution < 1.29 is 14.7 Å². The lowest BCUT2D eigenvalue weighted by atomic mass is 9.96. The summed E-state index contributed by atoms with van der Waals surface area (Å²) in [5.74, 6) is -0.749. The number of amides is 1. The first-order chi connectivity index (χ1) is 9.00. The zero-order valence-electron chi connectivity index (χ0n) is 11.9. The molecule has 1 saturated heterocycles. The maximum Gasteiger partial charge on any atom is 0.306 e. The Labute approximate surface area is 115 Å². The molecule has 0 saturated carbocycles. The van der Waals surface area contributed by atoms with Gasteiger partial charge in [-0.25, -0.2) is 0 Å². The average molecular weight is 270 g/mol. The van der Waals surface area contributed by atoms with Gasteiger partial charge in [-0.1, -0.05) is 13.3 Å². The van der Waals surface area contributed by atoms with Crippen LogP contribution in [0.4, 0.5) is 0 Å². The smallest absolute Gasteiger partial charge is 0.306 e. The van der Waals surface area contributed by atoms with E-state index in [2.05, 4.69) is 10.6 Å². The van der Waals surface area contributed by atoms with Crippen LogP contribution >= 0.6 is 0 Å². The second-order valence-corrected chi connectivity index (χ2v) is 5.60. The molecule has 2 unspecified atom stereocenters. The highest BCUT2D eigenvalue weighted by molar-refractivity contribution is 5.79. The van der Waals surface area contributed by atoms with E-state index in [0.717, 1.165) is 38.8 Å². The molecular weight excluding hydrogens is 244 g/mol. The number of piperidine rings is 1. The average Bonchev–Trinajstić information content (AvgIpc) is 2.39. The van der Waals surface area contributed by atoms with Crippen molar-refractivity contribution in [3.63, 3.8) is 0 Å². The van der Waals surface area contributed by atoms with Gasteiger partial charge in [0.05, 0.1) is 5.92 Å². The Hall–Kier alpha value is -1.10. The third-order valence-electron chi connectivity index (χ3n) is 3.79. The highest BCUT2D eigenvalue weighted by Gasteiger charge is 2.21. The number of hydrogen-bond donors (Lipinski definition) is 3. The summed E-state index contributed by atoms with van der Waals surface area (Å²) >= 11 is 0. The quantitative estimate of drug-likeness (QED) is 0.653. The molecule has 1 aliphatic rings. The van der Waals surface area contributed by atoms with Crippen LogP contribution in [0, 0.1) is 11.8 Å². The lowest BCUT2D eigenvalue weighted by Gasteiger charge is -2.24. The molecule has 1 amide bonds. The van der Waals surface area contributed by atoms with Gasteiger partial charge in [0.2, 0.25) is 5.91 Å². The van der Waals surface area contributed by atoms with E-state index in [1.54, 1.807) is 6.92 Å². The molecule has 0 bridgehead atoms. The Morgan fingerprint density at radius 3 is 2.47 bits per heavy atom. The van der Waals surface area contributed by atoms with Crippen molar-refractivity contribution in [1.29, 1.82) is 0 Å². The minimum Gasteiger partial charge on any atom is -0.481 e.